The number of anilines is 1. The van der Waals surface area contributed by atoms with Crippen LogP contribution in [0.4, 0.5) is 5.13 Å². The van der Waals surface area contributed by atoms with Gasteiger partial charge in [-0.2, -0.15) is 0 Å². The maximum atomic E-state index is 11.5. The minimum absolute atomic E-state index is 0.109. The van der Waals surface area contributed by atoms with E-state index in [1.807, 2.05) is 0 Å². The number of hydrogen-bond acceptors (Lipinski definition) is 5. The number of carbonyl (C=O) groups excluding carboxylic acids is 1. The van der Waals surface area contributed by atoms with Gasteiger partial charge in [0.1, 0.15) is 5.76 Å². The molecule has 0 bridgehead atoms. The minimum atomic E-state index is -0.109. The van der Waals surface area contributed by atoms with E-state index in [0.29, 0.717) is 28.9 Å². The molecule has 16 heavy (non-hydrogen) atoms. The summed E-state index contributed by atoms with van der Waals surface area (Å²) in [5, 5.41) is 8.89. The van der Waals surface area contributed by atoms with Crippen molar-refractivity contribution in [1.82, 2.24) is 10.1 Å². The molecule has 2 rings (SSSR count). The molecule has 5 nitrogen and oxygen atoms in total. The van der Waals surface area contributed by atoms with Crippen LogP contribution in [-0.4, -0.2) is 16.0 Å². The van der Waals surface area contributed by atoms with Crippen molar-refractivity contribution in [2.45, 2.75) is 12.8 Å². The zero-order chi connectivity index (χ0) is 11.4. The molecule has 2 aromatic heterocycles. The summed E-state index contributed by atoms with van der Waals surface area (Å²) >= 11 is 6.95. The molecule has 84 valence electrons. The van der Waals surface area contributed by atoms with Crippen molar-refractivity contribution in [1.29, 1.82) is 0 Å². The predicted octanol–water partition coefficient (Wildman–Crippen LogP) is 2.36. The summed E-state index contributed by atoms with van der Waals surface area (Å²) in [6.07, 6.45) is 2.42. The van der Waals surface area contributed by atoms with Gasteiger partial charge in [-0.1, -0.05) is 16.8 Å². The van der Waals surface area contributed by atoms with Crippen molar-refractivity contribution in [3.05, 3.63) is 28.6 Å². The largest absolute Gasteiger partial charge is 0.360 e. The molecule has 0 fully saturated rings. The minimum Gasteiger partial charge on any atom is -0.360 e. The molecule has 7 heteroatoms. The van der Waals surface area contributed by atoms with Gasteiger partial charge in [0.15, 0.2) is 10.3 Å². The molecule has 0 saturated carbocycles. The van der Waals surface area contributed by atoms with Crippen molar-refractivity contribution in [3.63, 3.8) is 0 Å². The number of carbonyl (C=O) groups is 1. The maximum absolute atomic E-state index is 11.5. The Morgan fingerprint density at radius 3 is 3.12 bits per heavy atom. The standard InChI is InChI=1S/C9H8ClN3O2S/c10-7-5-6(15-13-7)1-2-8(14)12-9-11-3-4-16-9/h3-5H,1-2H2,(H,11,12,14). The van der Waals surface area contributed by atoms with E-state index in [2.05, 4.69) is 15.5 Å². The number of aromatic nitrogens is 2. The van der Waals surface area contributed by atoms with Crippen LogP contribution in [0.15, 0.2) is 22.2 Å². The molecule has 2 aromatic rings. The molecule has 0 aliphatic carbocycles. The van der Waals surface area contributed by atoms with Gasteiger partial charge >= 0.3 is 0 Å². The zero-order valence-corrected chi connectivity index (χ0v) is 9.72. The first-order valence-corrected chi connectivity index (χ1v) is 5.80. The van der Waals surface area contributed by atoms with E-state index in [1.54, 1.807) is 17.6 Å². The molecule has 0 aliphatic heterocycles. The molecule has 0 spiro atoms. The average molecular weight is 258 g/mol. The molecular formula is C9H8ClN3O2S. The Morgan fingerprint density at radius 1 is 1.62 bits per heavy atom. The van der Waals surface area contributed by atoms with Crippen LogP contribution in [0, 0.1) is 0 Å². The Labute approximate surface area is 100 Å². The fraction of sp³-hybridized carbons (Fsp3) is 0.222. The van der Waals surface area contributed by atoms with Crippen molar-refractivity contribution in [2.24, 2.45) is 0 Å². The molecule has 1 amide bonds. The predicted molar refractivity (Wildman–Crippen MR) is 60.6 cm³/mol. The molecule has 1 N–H and O–H groups in total. The maximum Gasteiger partial charge on any atom is 0.226 e. The third-order valence-electron chi connectivity index (χ3n) is 1.81. The third kappa shape index (κ3) is 3.04. The van der Waals surface area contributed by atoms with Crippen molar-refractivity contribution in [3.8, 4) is 0 Å². The number of aryl methyl sites for hydroxylation is 1. The van der Waals surface area contributed by atoms with Gasteiger partial charge in [-0.25, -0.2) is 4.98 Å². The Bertz CT molecular complexity index is 469. The average Bonchev–Trinajstić information content (AvgIpc) is 2.87. The lowest BCUT2D eigenvalue weighted by Gasteiger charge is -1.98. The van der Waals surface area contributed by atoms with Crippen LogP contribution >= 0.6 is 22.9 Å². The normalized spacial score (nSPS) is 10.3. The van der Waals surface area contributed by atoms with Crippen LogP contribution in [0.2, 0.25) is 5.15 Å². The molecule has 0 saturated heterocycles. The lowest BCUT2D eigenvalue weighted by Crippen LogP contribution is -2.11. The van der Waals surface area contributed by atoms with Crippen LogP contribution in [0.1, 0.15) is 12.2 Å². The van der Waals surface area contributed by atoms with Crippen molar-refractivity contribution in [2.75, 3.05) is 5.32 Å². The van der Waals surface area contributed by atoms with Gasteiger partial charge in [0, 0.05) is 30.5 Å². The van der Waals surface area contributed by atoms with Gasteiger partial charge in [-0.05, 0) is 0 Å². The highest BCUT2D eigenvalue weighted by atomic mass is 35.5. The first kappa shape index (κ1) is 11.1. The van der Waals surface area contributed by atoms with Crippen molar-refractivity contribution < 1.29 is 9.32 Å². The van der Waals surface area contributed by atoms with Gasteiger partial charge in [0.05, 0.1) is 0 Å². The highest BCUT2D eigenvalue weighted by molar-refractivity contribution is 7.13. The lowest BCUT2D eigenvalue weighted by molar-refractivity contribution is -0.116. The summed E-state index contributed by atoms with van der Waals surface area (Å²) < 4.78 is 4.87. The number of nitrogens with zero attached hydrogens (tertiary/aromatic N) is 2. The Balaban J connectivity index is 1.80. The van der Waals surface area contributed by atoms with Gasteiger partial charge in [-0.3, -0.25) is 4.79 Å². The molecular weight excluding hydrogens is 250 g/mol. The first-order valence-electron chi connectivity index (χ1n) is 4.54. The van der Waals surface area contributed by atoms with E-state index in [-0.39, 0.29) is 5.91 Å². The molecule has 0 atom stereocenters. The molecule has 2 heterocycles. The topological polar surface area (TPSA) is 68.0 Å². The summed E-state index contributed by atoms with van der Waals surface area (Å²) in [6, 6.07) is 1.60. The summed E-state index contributed by atoms with van der Waals surface area (Å²) in [7, 11) is 0. The number of amides is 1. The summed E-state index contributed by atoms with van der Waals surface area (Å²) in [5.41, 5.74) is 0. The van der Waals surface area contributed by atoms with Crippen LogP contribution in [0.3, 0.4) is 0 Å². The number of thiazole rings is 1. The van der Waals surface area contributed by atoms with Crippen LogP contribution in [0.5, 0.6) is 0 Å². The van der Waals surface area contributed by atoms with E-state index in [9.17, 15) is 4.79 Å². The number of hydrogen-bond donors (Lipinski definition) is 1. The second-order valence-electron chi connectivity index (χ2n) is 3.00. The Morgan fingerprint density at radius 2 is 2.50 bits per heavy atom. The lowest BCUT2D eigenvalue weighted by atomic mass is 10.2. The third-order valence-corrected chi connectivity index (χ3v) is 2.67. The number of halogens is 1. The van der Waals surface area contributed by atoms with Crippen molar-refractivity contribution >= 4 is 34.0 Å². The van der Waals surface area contributed by atoms with Crippen LogP contribution in [-0.2, 0) is 11.2 Å². The SMILES string of the molecule is O=C(CCc1cc(Cl)no1)Nc1nccs1. The van der Waals surface area contributed by atoms with E-state index in [0.717, 1.165) is 0 Å². The Kier molecular flexibility index (Phi) is 3.53. The second kappa shape index (κ2) is 5.09. The quantitative estimate of drug-likeness (QED) is 0.913. The fourth-order valence-electron chi connectivity index (χ4n) is 1.11. The van der Waals surface area contributed by atoms with Gasteiger partial charge in [0.25, 0.3) is 0 Å². The zero-order valence-electron chi connectivity index (χ0n) is 8.14. The first-order chi connectivity index (χ1) is 7.74. The van der Waals surface area contributed by atoms with Gasteiger partial charge in [-0.15, -0.1) is 11.3 Å². The van der Waals surface area contributed by atoms with Gasteiger partial charge < -0.3 is 9.84 Å². The summed E-state index contributed by atoms with van der Waals surface area (Å²) in [5.74, 6) is 0.488. The summed E-state index contributed by atoms with van der Waals surface area (Å²) in [6.45, 7) is 0. The Hall–Kier alpha value is -1.40. The fourth-order valence-corrected chi connectivity index (χ4v) is 1.81. The molecule has 0 aliphatic rings. The van der Waals surface area contributed by atoms with Gasteiger partial charge in [0.2, 0.25) is 5.91 Å². The van der Waals surface area contributed by atoms with Crippen LogP contribution < -0.4 is 5.32 Å². The van der Waals surface area contributed by atoms with E-state index >= 15 is 0 Å². The monoisotopic (exact) mass is 257 g/mol. The van der Waals surface area contributed by atoms with Crippen LogP contribution in [0.25, 0.3) is 0 Å². The van der Waals surface area contributed by atoms with E-state index < -0.39 is 0 Å². The molecule has 0 unspecified atom stereocenters. The molecule has 0 aromatic carbocycles. The van der Waals surface area contributed by atoms with E-state index in [1.165, 1.54) is 11.3 Å². The van der Waals surface area contributed by atoms with E-state index in [4.69, 9.17) is 16.1 Å². The highest BCUT2D eigenvalue weighted by Crippen LogP contribution is 2.13. The highest BCUT2D eigenvalue weighted by Gasteiger charge is 2.07. The smallest absolute Gasteiger partial charge is 0.226 e. The molecule has 0 radical (unpaired) electrons. The number of rotatable bonds is 4. The second-order valence-corrected chi connectivity index (χ2v) is 4.28. The summed E-state index contributed by atoms with van der Waals surface area (Å²) in [4.78, 5) is 15.4. The number of nitrogens with one attached hydrogen (secondary N) is 1.